The van der Waals surface area contributed by atoms with E-state index in [4.69, 9.17) is 0 Å². The van der Waals surface area contributed by atoms with Crippen LogP contribution in [-0.4, -0.2) is 5.91 Å². The van der Waals surface area contributed by atoms with Crippen molar-refractivity contribution in [2.45, 2.75) is 53.0 Å². The Morgan fingerprint density at radius 3 is 1.94 bits per heavy atom. The fraction of sp³-hybridized carbons (Fsp3) is 0.562. The zero-order chi connectivity index (χ0) is 13.7. The number of hydrogen-bond acceptors (Lipinski definition) is 1. The molecule has 0 bridgehead atoms. The lowest BCUT2D eigenvalue weighted by molar-refractivity contribution is -0.121. The van der Waals surface area contributed by atoms with Crippen LogP contribution in [0.3, 0.4) is 0 Å². The van der Waals surface area contributed by atoms with Crippen LogP contribution in [0.15, 0.2) is 24.3 Å². The van der Waals surface area contributed by atoms with Crippen LogP contribution < -0.4 is 5.32 Å². The molecule has 0 aliphatic rings. The fourth-order valence-electron chi connectivity index (χ4n) is 2.00. The summed E-state index contributed by atoms with van der Waals surface area (Å²) in [5.41, 5.74) is 2.53. The Morgan fingerprint density at radius 2 is 1.56 bits per heavy atom. The van der Waals surface area contributed by atoms with Gasteiger partial charge in [0, 0.05) is 6.42 Å². The van der Waals surface area contributed by atoms with Gasteiger partial charge in [0.15, 0.2) is 0 Å². The molecule has 1 aromatic carbocycles. The van der Waals surface area contributed by atoms with E-state index in [1.807, 2.05) is 6.92 Å². The van der Waals surface area contributed by atoms with Crippen molar-refractivity contribution in [2.75, 3.05) is 0 Å². The van der Waals surface area contributed by atoms with Crippen LogP contribution >= 0.6 is 0 Å². The molecule has 0 fully saturated rings. The maximum Gasteiger partial charge on any atom is 0.220 e. The van der Waals surface area contributed by atoms with Crippen molar-refractivity contribution in [3.63, 3.8) is 0 Å². The molecule has 0 saturated carbocycles. The van der Waals surface area contributed by atoms with Crippen molar-refractivity contribution >= 4 is 5.91 Å². The molecule has 0 aromatic heterocycles. The molecular weight excluding hydrogens is 222 g/mol. The third-order valence-corrected chi connectivity index (χ3v) is 3.27. The summed E-state index contributed by atoms with van der Waals surface area (Å²) < 4.78 is 0. The summed E-state index contributed by atoms with van der Waals surface area (Å²) >= 11 is 0. The number of amides is 1. The van der Waals surface area contributed by atoms with Crippen LogP contribution in [0.2, 0.25) is 0 Å². The molecule has 2 heteroatoms. The average Bonchev–Trinajstić information content (AvgIpc) is 2.35. The topological polar surface area (TPSA) is 29.1 Å². The molecule has 0 radical (unpaired) electrons. The van der Waals surface area contributed by atoms with Crippen molar-refractivity contribution in [2.24, 2.45) is 5.92 Å². The van der Waals surface area contributed by atoms with Crippen LogP contribution in [-0.2, 0) is 4.79 Å². The molecule has 0 spiro atoms. The summed E-state index contributed by atoms with van der Waals surface area (Å²) in [6, 6.07) is 8.70. The number of nitrogens with one attached hydrogen (secondary N) is 1. The first kappa shape index (κ1) is 14.7. The van der Waals surface area contributed by atoms with Crippen molar-refractivity contribution in [3.05, 3.63) is 35.4 Å². The zero-order valence-electron chi connectivity index (χ0n) is 12.2. The predicted octanol–water partition coefficient (Wildman–Crippen LogP) is 4.03. The first-order valence-electron chi connectivity index (χ1n) is 6.84. The fourth-order valence-corrected chi connectivity index (χ4v) is 2.00. The van der Waals surface area contributed by atoms with E-state index in [0.717, 1.165) is 0 Å². The molecule has 1 rings (SSSR count). The van der Waals surface area contributed by atoms with Gasteiger partial charge in [0.25, 0.3) is 0 Å². The number of carbonyl (C=O) groups is 1. The van der Waals surface area contributed by atoms with E-state index in [1.54, 1.807) is 0 Å². The minimum Gasteiger partial charge on any atom is -0.349 e. The molecule has 1 N–H and O–H groups in total. The van der Waals surface area contributed by atoms with E-state index >= 15 is 0 Å². The lowest BCUT2D eigenvalue weighted by atomic mass is 9.93. The van der Waals surface area contributed by atoms with Crippen molar-refractivity contribution in [1.29, 1.82) is 0 Å². The molecule has 0 heterocycles. The molecule has 1 amide bonds. The van der Waals surface area contributed by atoms with E-state index in [-0.39, 0.29) is 11.9 Å². The standard InChI is InChI=1S/C16H25NO/c1-6-15(18)17-16(12(4)5)14-9-7-13(8-10-14)11(2)3/h7-12,16H,6H2,1-5H3,(H,17,18). The third-order valence-electron chi connectivity index (χ3n) is 3.27. The second kappa shape index (κ2) is 6.58. The Labute approximate surface area is 111 Å². The zero-order valence-corrected chi connectivity index (χ0v) is 12.2. The molecule has 0 saturated heterocycles. The van der Waals surface area contributed by atoms with Gasteiger partial charge in [-0.15, -0.1) is 0 Å². The first-order chi connectivity index (χ1) is 8.45. The highest BCUT2D eigenvalue weighted by atomic mass is 16.1. The SMILES string of the molecule is CCC(=O)NC(c1ccc(C(C)C)cc1)C(C)C. The van der Waals surface area contributed by atoms with Gasteiger partial charge in [-0.25, -0.2) is 0 Å². The lowest BCUT2D eigenvalue weighted by Gasteiger charge is -2.23. The van der Waals surface area contributed by atoms with E-state index < -0.39 is 0 Å². The van der Waals surface area contributed by atoms with Gasteiger partial charge in [-0.3, -0.25) is 4.79 Å². The molecule has 1 unspecified atom stereocenters. The van der Waals surface area contributed by atoms with Crippen molar-refractivity contribution in [1.82, 2.24) is 5.32 Å². The van der Waals surface area contributed by atoms with Crippen LogP contribution in [0.1, 0.15) is 64.1 Å². The van der Waals surface area contributed by atoms with Crippen LogP contribution in [0, 0.1) is 5.92 Å². The van der Waals surface area contributed by atoms with Gasteiger partial charge in [-0.2, -0.15) is 0 Å². The Balaban J connectivity index is 2.89. The Bertz CT molecular complexity index is 379. The maximum absolute atomic E-state index is 11.6. The summed E-state index contributed by atoms with van der Waals surface area (Å²) in [5.74, 6) is 1.05. The van der Waals surface area contributed by atoms with E-state index in [1.165, 1.54) is 11.1 Å². The van der Waals surface area contributed by atoms with E-state index in [0.29, 0.717) is 18.3 Å². The van der Waals surface area contributed by atoms with Gasteiger partial charge in [0.1, 0.15) is 0 Å². The molecule has 0 aliphatic carbocycles. The Hall–Kier alpha value is -1.31. The van der Waals surface area contributed by atoms with Crippen LogP contribution in [0.5, 0.6) is 0 Å². The first-order valence-corrected chi connectivity index (χ1v) is 6.84. The maximum atomic E-state index is 11.6. The summed E-state index contributed by atoms with van der Waals surface area (Å²) in [5, 5.41) is 3.09. The van der Waals surface area contributed by atoms with Gasteiger partial charge in [-0.05, 0) is 23.0 Å². The largest absolute Gasteiger partial charge is 0.349 e. The molecule has 100 valence electrons. The minimum atomic E-state index is 0.110. The highest BCUT2D eigenvalue weighted by Crippen LogP contribution is 2.24. The number of hydrogen-bond donors (Lipinski definition) is 1. The quantitative estimate of drug-likeness (QED) is 0.836. The van der Waals surface area contributed by atoms with Gasteiger partial charge >= 0.3 is 0 Å². The van der Waals surface area contributed by atoms with E-state index in [9.17, 15) is 4.79 Å². The van der Waals surface area contributed by atoms with E-state index in [2.05, 4.69) is 57.3 Å². The highest BCUT2D eigenvalue weighted by molar-refractivity contribution is 5.76. The van der Waals surface area contributed by atoms with Crippen molar-refractivity contribution < 1.29 is 4.79 Å². The second-order valence-electron chi connectivity index (χ2n) is 5.46. The van der Waals surface area contributed by atoms with Gasteiger partial charge in [0.05, 0.1) is 6.04 Å². The molecule has 1 atom stereocenters. The smallest absolute Gasteiger partial charge is 0.220 e. The minimum absolute atomic E-state index is 0.110. The van der Waals surface area contributed by atoms with Gasteiger partial charge < -0.3 is 5.32 Å². The normalized spacial score (nSPS) is 12.8. The Kier molecular flexibility index (Phi) is 5.39. The van der Waals surface area contributed by atoms with Crippen LogP contribution in [0.4, 0.5) is 0 Å². The van der Waals surface area contributed by atoms with Gasteiger partial charge in [0.2, 0.25) is 5.91 Å². The summed E-state index contributed by atoms with van der Waals surface area (Å²) in [7, 11) is 0. The summed E-state index contributed by atoms with van der Waals surface area (Å²) in [6.07, 6.45) is 0.535. The highest BCUT2D eigenvalue weighted by Gasteiger charge is 2.17. The van der Waals surface area contributed by atoms with Crippen LogP contribution in [0.25, 0.3) is 0 Å². The molecule has 0 aliphatic heterocycles. The number of carbonyl (C=O) groups excluding carboxylic acids is 1. The van der Waals surface area contributed by atoms with Crippen molar-refractivity contribution in [3.8, 4) is 0 Å². The monoisotopic (exact) mass is 247 g/mol. The predicted molar refractivity (Wildman–Crippen MR) is 76.5 cm³/mol. The average molecular weight is 247 g/mol. The van der Waals surface area contributed by atoms with Gasteiger partial charge in [-0.1, -0.05) is 58.9 Å². The lowest BCUT2D eigenvalue weighted by Crippen LogP contribution is -2.31. The Morgan fingerprint density at radius 1 is 1.06 bits per heavy atom. The summed E-state index contributed by atoms with van der Waals surface area (Å²) in [4.78, 5) is 11.6. The number of benzene rings is 1. The number of rotatable bonds is 5. The summed E-state index contributed by atoms with van der Waals surface area (Å²) in [6.45, 7) is 10.5. The molecular formula is C16H25NO. The molecule has 2 nitrogen and oxygen atoms in total. The third kappa shape index (κ3) is 3.86. The second-order valence-corrected chi connectivity index (χ2v) is 5.46. The molecule has 18 heavy (non-hydrogen) atoms. The molecule has 1 aromatic rings.